The Morgan fingerprint density at radius 1 is 1.37 bits per heavy atom. The molecule has 100 valence electrons. The van der Waals surface area contributed by atoms with Crippen molar-refractivity contribution in [3.05, 3.63) is 40.7 Å². The minimum Gasteiger partial charge on any atom is -0.367 e. The highest BCUT2D eigenvalue weighted by atomic mass is 32.1. The van der Waals surface area contributed by atoms with Gasteiger partial charge in [0.1, 0.15) is 5.82 Å². The molecule has 19 heavy (non-hydrogen) atoms. The third-order valence-corrected chi connectivity index (χ3v) is 3.72. The Balaban J connectivity index is 1.70. The van der Waals surface area contributed by atoms with E-state index in [4.69, 9.17) is 0 Å². The minimum absolute atomic E-state index is 0.0448. The number of carbonyl (C=O) groups is 1. The zero-order chi connectivity index (χ0) is 13.5. The third-order valence-electron chi connectivity index (χ3n) is 2.67. The van der Waals surface area contributed by atoms with Gasteiger partial charge in [0.2, 0.25) is 5.91 Å². The summed E-state index contributed by atoms with van der Waals surface area (Å²) in [4.78, 5) is 13.0. The molecule has 2 rings (SSSR count). The van der Waals surface area contributed by atoms with E-state index in [0.29, 0.717) is 18.9 Å². The lowest BCUT2D eigenvalue weighted by molar-refractivity contribution is -0.122. The zero-order valence-electron chi connectivity index (χ0n) is 10.7. The molecule has 1 amide bonds. The highest BCUT2D eigenvalue weighted by Gasteiger charge is 2.14. The van der Waals surface area contributed by atoms with Crippen molar-refractivity contribution in [3.8, 4) is 0 Å². The van der Waals surface area contributed by atoms with E-state index in [1.807, 2.05) is 36.6 Å². The molecule has 0 aliphatic rings. The van der Waals surface area contributed by atoms with Crippen LogP contribution in [-0.2, 0) is 4.79 Å². The SMILES string of the molecule is CC(C(=O)NCCNc1cccnn1)c1cccs1. The molecule has 2 aromatic heterocycles. The number of carbonyl (C=O) groups excluding carboxylic acids is 1. The summed E-state index contributed by atoms with van der Waals surface area (Å²) in [7, 11) is 0. The molecule has 2 N–H and O–H groups in total. The van der Waals surface area contributed by atoms with Crippen molar-refractivity contribution in [1.29, 1.82) is 0 Å². The van der Waals surface area contributed by atoms with Gasteiger partial charge in [-0.25, -0.2) is 0 Å². The first-order chi connectivity index (χ1) is 9.27. The Hall–Kier alpha value is -1.95. The highest BCUT2D eigenvalue weighted by Crippen LogP contribution is 2.20. The number of thiophene rings is 1. The molecule has 0 bridgehead atoms. The molecule has 6 heteroatoms. The molecule has 5 nitrogen and oxygen atoms in total. The van der Waals surface area contributed by atoms with E-state index in [9.17, 15) is 4.79 Å². The van der Waals surface area contributed by atoms with E-state index >= 15 is 0 Å². The van der Waals surface area contributed by atoms with E-state index in [1.54, 1.807) is 17.5 Å². The van der Waals surface area contributed by atoms with Gasteiger partial charge in [0.25, 0.3) is 0 Å². The van der Waals surface area contributed by atoms with Crippen LogP contribution in [0.3, 0.4) is 0 Å². The van der Waals surface area contributed by atoms with Crippen molar-refractivity contribution >= 4 is 23.1 Å². The third kappa shape index (κ3) is 4.03. The van der Waals surface area contributed by atoms with Crippen LogP contribution in [0.15, 0.2) is 35.8 Å². The first-order valence-electron chi connectivity index (χ1n) is 6.10. The van der Waals surface area contributed by atoms with Gasteiger partial charge >= 0.3 is 0 Å². The van der Waals surface area contributed by atoms with Crippen molar-refractivity contribution in [3.63, 3.8) is 0 Å². The number of nitrogens with one attached hydrogen (secondary N) is 2. The van der Waals surface area contributed by atoms with Gasteiger partial charge in [0, 0.05) is 24.2 Å². The molecule has 0 aromatic carbocycles. The number of hydrogen-bond acceptors (Lipinski definition) is 5. The quantitative estimate of drug-likeness (QED) is 0.790. The molecular formula is C13H16N4OS. The Morgan fingerprint density at radius 3 is 2.95 bits per heavy atom. The molecule has 2 aromatic rings. The van der Waals surface area contributed by atoms with Gasteiger partial charge < -0.3 is 10.6 Å². The number of aromatic nitrogens is 2. The van der Waals surface area contributed by atoms with Crippen LogP contribution in [0.4, 0.5) is 5.82 Å². The van der Waals surface area contributed by atoms with Crippen LogP contribution in [0.2, 0.25) is 0 Å². The molecular weight excluding hydrogens is 260 g/mol. The summed E-state index contributed by atoms with van der Waals surface area (Å²) in [6.45, 7) is 3.10. The normalized spacial score (nSPS) is 11.8. The fourth-order valence-electron chi connectivity index (χ4n) is 1.59. The molecule has 2 heterocycles. The number of anilines is 1. The summed E-state index contributed by atoms with van der Waals surface area (Å²) in [5.74, 6) is 0.656. The maximum absolute atomic E-state index is 11.9. The molecule has 0 aliphatic carbocycles. The molecule has 0 radical (unpaired) electrons. The highest BCUT2D eigenvalue weighted by molar-refractivity contribution is 7.10. The van der Waals surface area contributed by atoms with E-state index in [1.165, 1.54) is 0 Å². The van der Waals surface area contributed by atoms with Crippen LogP contribution >= 0.6 is 11.3 Å². The lowest BCUT2D eigenvalue weighted by atomic mass is 10.1. The lowest BCUT2D eigenvalue weighted by Gasteiger charge is -2.11. The lowest BCUT2D eigenvalue weighted by Crippen LogP contribution is -2.31. The van der Waals surface area contributed by atoms with E-state index in [2.05, 4.69) is 20.8 Å². The molecule has 0 aliphatic heterocycles. The standard InChI is InChI=1S/C13H16N4OS/c1-10(11-4-3-9-19-11)13(18)15-8-7-14-12-5-2-6-16-17-12/h2-6,9-10H,7-8H2,1H3,(H,14,17)(H,15,18). The molecule has 1 atom stereocenters. The minimum atomic E-state index is -0.100. The molecule has 0 fully saturated rings. The molecule has 0 saturated carbocycles. The van der Waals surface area contributed by atoms with E-state index in [0.717, 1.165) is 4.88 Å². The van der Waals surface area contributed by atoms with Crippen LogP contribution in [-0.4, -0.2) is 29.2 Å². The Labute approximate surface area is 116 Å². The Kier molecular flexibility index (Phi) is 4.85. The van der Waals surface area contributed by atoms with Gasteiger partial charge in [0.15, 0.2) is 0 Å². The van der Waals surface area contributed by atoms with Gasteiger partial charge in [-0.05, 0) is 30.5 Å². The fourth-order valence-corrected chi connectivity index (χ4v) is 2.37. The molecule has 0 spiro atoms. The van der Waals surface area contributed by atoms with Crippen molar-refractivity contribution in [1.82, 2.24) is 15.5 Å². The smallest absolute Gasteiger partial charge is 0.228 e. The number of nitrogens with zero attached hydrogens (tertiary/aromatic N) is 2. The first-order valence-corrected chi connectivity index (χ1v) is 6.98. The maximum Gasteiger partial charge on any atom is 0.228 e. The van der Waals surface area contributed by atoms with Gasteiger partial charge in [0.05, 0.1) is 5.92 Å². The predicted molar refractivity (Wildman–Crippen MR) is 76.3 cm³/mol. The summed E-state index contributed by atoms with van der Waals surface area (Å²) in [6.07, 6.45) is 1.62. The topological polar surface area (TPSA) is 66.9 Å². The van der Waals surface area contributed by atoms with Gasteiger partial charge in [-0.2, -0.15) is 5.10 Å². The van der Waals surface area contributed by atoms with Crippen LogP contribution in [0.25, 0.3) is 0 Å². The summed E-state index contributed by atoms with van der Waals surface area (Å²) in [6, 6.07) is 7.59. The van der Waals surface area contributed by atoms with Crippen LogP contribution in [0, 0.1) is 0 Å². The summed E-state index contributed by atoms with van der Waals surface area (Å²) >= 11 is 1.60. The van der Waals surface area contributed by atoms with Crippen molar-refractivity contribution in [2.24, 2.45) is 0 Å². The number of rotatable bonds is 6. The van der Waals surface area contributed by atoms with Crippen molar-refractivity contribution < 1.29 is 4.79 Å². The first kappa shape index (κ1) is 13.5. The van der Waals surface area contributed by atoms with E-state index in [-0.39, 0.29) is 11.8 Å². The number of hydrogen-bond donors (Lipinski definition) is 2. The monoisotopic (exact) mass is 276 g/mol. The average Bonchev–Trinajstić information content (AvgIpc) is 2.98. The van der Waals surface area contributed by atoms with E-state index < -0.39 is 0 Å². The second-order valence-corrected chi connectivity index (χ2v) is 5.04. The van der Waals surface area contributed by atoms with Crippen LogP contribution < -0.4 is 10.6 Å². The van der Waals surface area contributed by atoms with Crippen LogP contribution in [0.1, 0.15) is 17.7 Å². The fraction of sp³-hybridized carbons (Fsp3) is 0.308. The Bertz CT molecular complexity index is 501. The second-order valence-electron chi connectivity index (χ2n) is 4.06. The van der Waals surface area contributed by atoms with Crippen molar-refractivity contribution in [2.45, 2.75) is 12.8 Å². The summed E-state index contributed by atoms with van der Waals surface area (Å²) in [5.41, 5.74) is 0. The van der Waals surface area contributed by atoms with Gasteiger partial charge in [-0.15, -0.1) is 16.4 Å². The molecule has 1 unspecified atom stereocenters. The van der Waals surface area contributed by atoms with Crippen LogP contribution in [0.5, 0.6) is 0 Å². The average molecular weight is 276 g/mol. The molecule has 0 saturated heterocycles. The second kappa shape index (κ2) is 6.84. The summed E-state index contributed by atoms with van der Waals surface area (Å²) in [5, 5.41) is 15.6. The largest absolute Gasteiger partial charge is 0.367 e. The Morgan fingerprint density at radius 2 is 2.26 bits per heavy atom. The predicted octanol–water partition coefficient (Wildman–Crippen LogP) is 1.87. The van der Waals surface area contributed by atoms with Gasteiger partial charge in [-0.3, -0.25) is 4.79 Å². The maximum atomic E-state index is 11.9. The van der Waals surface area contributed by atoms with Crippen molar-refractivity contribution in [2.75, 3.05) is 18.4 Å². The summed E-state index contributed by atoms with van der Waals surface area (Å²) < 4.78 is 0. The zero-order valence-corrected chi connectivity index (χ0v) is 11.5. The van der Waals surface area contributed by atoms with Gasteiger partial charge in [-0.1, -0.05) is 6.07 Å². The number of amides is 1.